The minimum atomic E-state index is 0.223. The number of aromatic nitrogens is 1. The fourth-order valence-corrected chi connectivity index (χ4v) is 4.25. The van der Waals surface area contributed by atoms with Gasteiger partial charge in [-0.2, -0.15) is 0 Å². The summed E-state index contributed by atoms with van der Waals surface area (Å²) in [6.45, 7) is 8.52. The van der Waals surface area contributed by atoms with Crippen LogP contribution in [0.5, 0.6) is 11.5 Å². The normalized spacial score (nSPS) is 14.3. The number of nitrogens with one attached hydrogen (secondary N) is 1. The number of fused-ring (bicyclic) bond motifs is 1. The summed E-state index contributed by atoms with van der Waals surface area (Å²) in [7, 11) is 0. The SMILES string of the molecule is Cc1ccc(-c2nc(CNC(c3ccc4c(c3)OCCO4)C(C)C)cs2)cc1. The van der Waals surface area contributed by atoms with E-state index in [0.717, 1.165) is 28.7 Å². The number of nitrogens with zero attached hydrogens (tertiary/aromatic N) is 1. The third-order valence-corrected chi connectivity index (χ3v) is 5.89. The van der Waals surface area contributed by atoms with E-state index < -0.39 is 0 Å². The Balaban J connectivity index is 1.47. The lowest BCUT2D eigenvalue weighted by Crippen LogP contribution is -2.26. The molecule has 0 bridgehead atoms. The first-order valence-electron chi connectivity index (χ1n) is 9.74. The Morgan fingerprint density at radius 2 is 1.79 bits per heavy atom. The molecule has 0 saturated heterocycles. The quantitative estimate of drug-likeness (QED) is 0.610. The van der Waals surface area contributed by atoms with Crippen molar-refractivity contribution in [1.29, 1.82) is 0 Å². The van der Waals surface area contributed by atoms with Crippen LogP contribution in [0.2, 0.25) is 0 Å². The highest BCUT2D eigenvalue weighted by molar-refractivity contribution is 7.13. The van der Waals surface area contributed by atoms with Crippen molar-refractivity contribution in [1.82, 2.24) is 10.3 Å². The van der Waals surface area contributed by atoms with Gasteiger partial charge < -0.3 is 14.8 Å². The monoisotopic (exact) mass is 394 g/mol. The highest BCUT2D eigenvalue weighted by atomic mass is 32.1. The second-order valence-corrected chi connectivity index (χ2v) is 8.37. The van der Waals surface area contributed by atoms with E-state index in [1.807, 2.05) is 6.07 Å². The average Bonchev–Trinajstić information content (AvgIpc) is 3.17. The van der Waals surface area contributed by atoms with Crippen LogP contribution in [0.15, 0.2) is 47.8 Å². The van der Waals surface area contributed by atoms with Gasteiger partial charge in [0.25, 0.3) is 0 Å². The van der Waals surface area contributed by atoms with Gasteiger partial charge in [-0.3, -0.25) is 0 Å². The number of hydrogen-bond donors (Lipinski definition) is 1. The van der Waals surface area contributed by atoms with Crippen LogP contribution in [0.25, 0.3) is 10.6 Å². The summed E-state index contributed by atoms with van der Waals surface area (Å²) < 4.78 is 11.4. The zero-order valence-corrected chi connectivity index (χ0v) is 17.4. The predicted molar refractivity (Wildman–Crippen MR) is 114 cm³/mol. The molecule has 1 aromatic heterocycles. The van der Waals surface area contributed by atoms with Crippen molar-refractivity contribution in [3.63, 3.8) is 0 Å². The molecular formula is C23H26N2O2S. The van der Waals surface area contributed by atoms with Crippen molar-refractivity contribution in [2.24, 2.45) is 5.92 Å². The van der Waals surface area contributed by atoms with E-state index >= 15 is 0 Å². The van der Waals surface area contributed by atoms with Gasteiger partial charge in [-0.25, -0.2) is 4.98 Å². The fourth-order valence-electron chi connectivity index (χ4n) is 3.42. The van der Waals surface area contributed by atoms with Gasteiger partial charge in [-0.05, 0) is 30.5 Å². The molecule has 0 aliphatic carbocycles. The Labute approximate surface area is 170 Å². The molecule has 1 aliphatic heterocycles. The summed E-state index contributed by atoms with van der Waals surface area (Å²) in [6, 6.07) is 15.0. The van der Waals surface area contributed by atoms with Crippen molar-refractivity contribution in [2.45, 2.75) is 33.4 Å². The minimum Gasteiger partial charge on any atom is -0.486 e. The fraction of sp³-hybridized carbons (Fsp3) is 0.348. The van der Waals surface area contributed by atoms with Crippen molar-refractivity contribution in [3.8, 4) is 22.1 Å². The average molecular weight is 395 g/mol. The Morgan fingerprint density at radius 1 is 1.04 bits per heavy atom. The molecule has 3 aromatic rings. The van der Waals surface area contributed by atoms with Crippen LogP contribution >= 0.6 is 11.3 Å². The van der Waals surface area contributed by atoms with Crippen LogP contribution < -0.4 is 14.8 Å². The molecule has 0 fully saturated rings. The van der Waals surface area contributed by atoms with Gasteiger partial charge in [-0.1, -0.05) is 49.7 Å². The lowest BCUT2D eigenvalue weighted by molar-refractivity contribution is 0.171. The van der Waals surface area contributed by atoms with Gasteiger partial charge in [-0.15, -0.1) is 11.3 Å². The largest absolute Gasteiger partial charge is 0.486 e. The summed E-state index contributed by atoms with van der Waals surface area (Å²) in [5, 5.41) is 6.89. The molecule has 2 heterocycles. The maximum Gasteiger partial charge on any atom is 0.161 e. The summed E-state index contributed by atoms with van der Waals surface area (Å²) in [4.78, 5) is 4.82. The van der Waals surface area contributed by atoms with Crippen molar-refractivity contribution < 1.29 is 9.47 Å². The first-order chi connectivity index (χ1) is 13.6. The van der Waals surface area contributed by atoms with Gasteiger partial charge in [0.2, 0.25) is 0 Å². The summed E-state index contributed by atoms with van der Waals surface area (Å²) >= 11 is 1.70. The maximum absolute atomic E-state index is 5.75. The second kappa shape index (κ2) is 8.33. The lowest BCUT2D eigenvalue weighted by Gasteiger charge is -2.25. The zero-order valence-electron chi connectivity index (χ0n) is 16.6. The Morgan fingerprint density at radius 3 is 2.54 bits per heavy atom. The molecule has 2 aromatic carbocycles. The van der Waals surface area contributed by atoms with E-state index in [4.69, 9.17) is 14.5 Å². The van der Waals surface area contributed by atoms with E-state index in [0.29, 0.717) is 19.1 Å². The number of thiazole rings is 1. The first-order valence-corrected chi connectivity index (χ1v) is 10.6. The van der Waals surface area contributed by atoms with Gasteiger partial charge in [0.1, 0.15) is 18.2 Å². The van der Waals surface area contributed by atoms with Gasteiger partial charge >= 0.3 is 0 Å². The van der Waals surface area contributed by atoms with Crippen LogP contribution in [-0.2, 0) is 6.54 Å². The summed E-state index contributed by atoms with van der Waals surface area (Å²) in [5.74, 6) is 2.11. The minimum absolute atomic E-state index is 0.223. The summed E-state index contributed by atoms with van der Waals surface area (Å²) in [6.07, 6.45) is 0. The topological polar surface area (TPSA) is 43.4 Å². The van der Waals surface area contributed by atoms with Crippen LogP contribution in [-0.4, -0.2) is 18.2 Å². The van der Waals surface area contributed by atoms with Crippen molar-refractivity contribution in [2.75, 3.05) is 13.2 Å². The van der Waals surface area contributed by atoms with Crippen LogP contribution in [0.4, 0.5) is 0 Å². The van der Waals surface area contributed by atoms with Gasteiger partial charge in [0.05, 0.1) is 5.69 Å². The molecule has 146 valence electrons. The molecule has 28 heavy (non-hydrogen) atoms. The van der Waals surface area contributed by atoms with Crippen LogP contribution in [0.3, 0.4) is 0 Å². The van der Waals surface area contributed by atoms with Gasteiger partial charge in [0, 0.05) is 23.5 Å². The molecule has 1 unspecified atom stereocenters. The molecule has 5 heteroatoms. The standard InChI is InChI=1S/C23H26N2O2S/c1-15(2)22(18-8-9-20-21(12-18)27-11-10-26-20)24-13-19-14-28-23(25-19)17-6-4-16(3)5-7-17/h4-9,12,14-15,22,24H,10-11,13H2,1-3H3. The second-order valence-electron chi connectivity index (χ2n) is 7.52. The van der Waals surface area contributed by atoms with Crippen LogP contribution in [0.1, 0.15) is 36.7 Å². The molecule has 0 amide bonds. The third-order valence-electron chi connectivity index (χ3n) is 4.95. The number of rotatable bonds is 6. The van der Waals surface area contributed by atoms with E-state index in [-0.39, 0.29) is 6.04 Å². The molecule has 1 atom stereocenters. The van der Waals surface area contributed by atoms with E-state index in [2.05, 4.69) is 67.9 Å². The Kier molecular flexibility index (Phi) is 5.64. The highest BCUT2D eigenvalue weighted by Crippen LogP contribution is 2.34. The predicted octanol–water partition coefficient (Wildman–Crippen LogP) is 5.38. The van der Waals surface area contributed by atoms with Crippen molar-refractivity contribution in [3.05, 3.63) is 64.7 Å². The number of hydrogen-bond acceptors (Lipinski definition) is 5. The number of ether oxygens (including phenoxy) is 2. The number of aryl methyl sites for hydroxylation is 1. The molecule has 0 radical (unpaired) electrons. The molecule has 4 nitrogen and oxygen atoms in total. The smallest absolute Gasteiger partial charge is 0.161 e. The molecule has 4 rings (SSSR count). The molecule has 0 saturated carbocycles. The lowest BCUT2D eigenvalue weighted by atomic mass is 9.95. The zero-order chi connectivity index (χ0) is 19.5. The summed E-state index contributed by atoms with van der Waals surface area (Å²) in [5.41, 5.74) is 4.73. The highest BCUT2D eigenvalue weighted by Gasteiger charge is 2.20. The number of benzene rings is 2. The molecule has 0 spiro atoms. The van der Waals surface area contributed by atoms with E-state index in [1.54, 1.807) is 11.3 Å². The molecule has 1 aliphatic rings. The Hall–Kier alpha value is -2.37. The van der Waals surface area contributed by atoms with E-state index in [9.17, 15) is 0 Å². The molecular weight excluding hydrogens is 368 g/mol. The van der Waals surface area contributed by atoms with Crippen LogP contribution in [0, 0.1) is 12.8 Å². The molecule has 1 N–H and O–H groups in total. The van der Waals surface area contributed by atoms with E-state index in [1.165, 1.54) is 16.7 Å². The Bertz CT molecular complexity index is 934. The van der Waals surface area contributed by atoms with Crippen molar-refractivity contribution >= 4 is 11.3 Å². The van der Waals surface area contributed by atoms with Gasteiger partial charge in [0.15, 0.2) is 11.5 Å². The third kappa shape index (κ3) is 4.21. The maximum atomic E-state index is 5.75. The first kappa shape index (κ1) is 19.0.